The Kier molecular flexibility index (Phi) is 10.2. The lowest BCUT2D eigenvalue weighted by Gasteiger charge is -2.41. The summed E-state index contributed by atoms with van der Waals surface area (Å²) in [5.74, 6) is -1.81. The molecular formula is C34H44FN5O6. The predicted octanol–water partition coefficient (Wildman–Crippen LogP) is 3.33. The number of amides is 4. The second kappa shape index (κ2) is 13.6. The van der Waals surface area contributed by atoms with Crippen LogP contribution in [0.25, 0.3) is 0 Å². The van der Waals surface area contributed by atoms with Crippen molar-refractivity contribution in [3.05, 3.63) is 71.0 Å². The number of halogens is 1. The smallest absolute Gasteiger partial charge is 0.408 e. The third-order valence-electron chi connectivity index (χ3n) is 8.25. The topological polar surface area (TPSA) is 141 Å². The van der Waals surface area contributed by atoms with Crippen LogP contribution in [0, 0.1) is 11.2 Å². The fraction of sp³-hybridized carbons (Fsp3) is 0.500. The van der Waals surface area contributed by atoms with Crippen LogP contribution >= 0.6 is 0 Å². The second-order valence-electron chi connectivity index (χ2n) is 13.5. The first-order chi connectivity index (χ1) is 21.5. The van der Waals surface area contributed by atoms with Gasteiger partial charge in [0.2, 0.25) is 11.8 Å². The van der Waals surface area contributed by atoms with Crippen LogP contribution in [0.3, 0.4) is 0 Å². The van der Waals surface area contributed by atoms with E-state index in [9.17, 15) is 28.7 Å². The summed E-state index contributed by atoms with van der Waals surface area (Å²) in [5.41, 5.74) is -0.938. The van der Waals surface area contributed by atoms with Crippen LogP contribution in [0.2, 0.25) is 0 Å². The minimum absolute atomic E-state index is 0.0411. The number of hydrazone groups is 1. The molecule has 0 bridgehead atoms. The van der Waals surface area contributed by atoms with Crippen LogP contribution in [0.1, 0.15) is 64.2 Å². The van der Waals surface area contributed by atoms with Crippen molar-refractivity contribution in [1.29, 1.82) is 0 Å². The molecule has 2 atom stereocenters. The lowest BCUT2D eigenvalue weighted by atomic mass is 9.73. The van der Waals surface area contributed by atoms with Gasteiger partial charge in [-0.15, -0.1) is 0 Å². The SMILES string of the molecule is CN1N=C2CCN(C(=O)C(CCc3ccc(CO)cc3F)NC(=O)C(C)(C)NC(=O)OC(C)(C)C)C[C@@]2(Cc2ccccc2)C1=O. The average molecular weight is 638 g/mol. The van der Waals surface area contributed by atoms with Crippen molar-refractivity contribution in [3.8, 4) is 0 Å². The molecule has 2 aromatic rings. The van der Waals surface area contributed by atoms with Crippen LogP contribution in [0.5, 0.6) is 0 Å². The molecule has 248 valence electrons. The number of hydrogen-bond donors (Lipinski definition) is 3. The summed E-state index contributed by atoms with van der Waals surface area (Å²) < 4.78 is 20.2. The van der Waals surface area contributed by atoms with Crippen LogP contribution in [-0.4, -0.2) is 81.9 Å². The van der Waals surface area contributed by atoms with Crippen molar-refractivity contribution in [3.63, 3.8) is 0 Å². The third-order valence-corrected chi connectivity index (χ3v) is 8.25. The van der Waals surface area contributed by atoms with E-state index in [1.54, 1.807) is 44.9 Å². The minimum Gasteiger partial charge on any atom is -0.444 e. The normalized spacial score (nSPS) is 18.9. The molecule has 11 nitrogen and oxygen atoms in total. The molecule has 0 aromatic heterocycles. The number of likely N-dealkylation sites (tertiary alicyclic amines) is 1. The minimum atomic E-state index is -1.46. The van der Waals surface area contributed by atoms with Gasteiger partial charge in [-0.05, 0) is 76.6 Å². The first kappa shape index (κ1) is 34.6. The molecule has 0 aliphatic carbocycles. The van der Waals surface area contributed by atoms with E-state index < -0.39 is 46.3 Å². The summed E-state index contributed by atoms with van der Waals surface area (Å²) in [6, 6.07) is 12.8. The zero-order valence-electron chi connectivity index (χ0n) is 27.4. The number of fused-ring (bicyclic) bond motifs is 1. The molecular weight excluding hydrogens is 593 g/mol. The molecule has 46 heavy (non-hydrogen) atoms. The van der Waals surface area contributed by atoms with Crippen molar-refractivity contribution >= 4 is 29.5 Å². The summed E-state index contributed by atoms with van der Waals surface area (Å²) >= 11 is 0. The number of piperidine rings is 1. The molecule has 2 aliphatic heterocycles. The zero-order chi connectivity index (χ0) is 33.9. The van der Waals surface area contributed by atoms with E-state index in [1.165, 1.54) is 24.9 Å². The van der Waals surface area contributed by atoms with Gasteiger partial charge in [-0.3, -0.25) is 14.4 Å². The second-order valence-corrected chi connectivity index (χ2v) is 13.5. The molecule has 2 aromatic carbocycles. The van der Waals surface area contributed by atoms with Gasteiger partial charge in [-0.1, -0.05) is 42.5 Å². The number of carbonyl (C=O) groups excluding carboxylic acids is 4. The number of alkyl carbamates (subject to hydrolysis) is 1. The number of ether oxygens (including phenoxy) is 1. The van der Waals surface area contributed by atoms with Gasteiger partial charge in [-0.25, -0.2) is 14.2 Å². The number of benzene rings is 2. The summed E-state index contributed by atoms with van der Waals surface area (Å²) in [6.45, 7) is 8.12. The first-order valence-electron chi connectivity index (χ1n) is 15.4. The van der Waals surface area contributed by atoms with Gasteiger partial charge in [0.05, 0.1) is 12.3 Å². The Bertz CT molecular complexity index is 1510. The monoisotopic (exact) mass is 637 g/mol. The lowest BCUT2D eigenvalue weighted by molar-refractivity contribution is -0.142. The van der Waals surface area contributed by atoms with Gasteiger partial charge >= 0.3 is 6.09 Å². The van der Waals surface area contributed by atoms with Crippen molar-refractivity contribution in [2.45, 2.75) is 84.1 Å². The molecule has 1 saturated heterocycles. The van der Waals surface area contributed by atoms with E-state index in [0.29, 0.717) is 29.7 Å². The number of rotatable bonds is 10. The summed E-state index contributed by atoms with van der Waals surface area (Å²) in [6.07, 6.45) is 0.0750. The molecule has 2 heterocycles. The molecule has 1 unspecified atom stereocenters. The van der Waals surface area contributed by atoms with Crippen molar-refractivity contribution in [1.82, 2.24) is 20.5 Å². The molecule has 3 N–H and O–H groups in total. The average Bonchev–Trinajstić information content (AvgIpc) is 3.22. The molecule has 0 saturated carbocycles. The Morgan fingerprint density at radius 3 is 2.41 bits per heavy atom. The number of aryl methyl sites for hydroxylation is 1. The van der Waals surface area contributed by atoms with E-state index in [-0.39, 0.29) is 38.4 Å². The van der Waals surface area contributed by atoms with E-state index >= 15 is 0 Å². The number of hydrogen-bond acceptors (Lipinski definition) is 7. The van der Waals surface area contributed by atoms with Crippen molar-refractivity contribution < 1.29 is 33.4 Å². The van der Waals surface area contributed by atoms with Gasteiger partial charge < -0.3 is 25.4 Å². The van der Waals surface area contributed by atoms with E-state index in [2.05, 4.69) is 15.7 Å². The highest BCUT2D eigenvalue weighted by molar-refractivity contribution is 6.13. The van der Waals surface area contributed by atoms with E-state index in [1.807, 2.05) is 30.3 Å². The van der Waals surface area contributed by atoms with E-state index in [4.69, 9.17) is 4.74 Å². The quantitative estimate of drug-likeness (QED) is 0.365. The maximum Gasteiger partial charge on any atom is 0.408 e. The maximum absolute atomic E-state index is 14.8. The summed E-state index contributed by atoms with van der Waals surface area (Å²) in [7, 11) is 1.60. The van der Waals surface area contributed by atoms with Crippen LogP contribution in [0.15, 0.2) is 53.6 Å². The Morgan fingerprint density at radius 1 is 1.09 bits per heavy atom. The fourth-order valence-corrected chi connectivity index (χ4v) is 5.84. The Morgan fingerprint density at radius 2 is 1.78 bits per heavy atom. The zero-order valence-corrected chi connectivity index (χ0v) is 27.4. The lowest BCUT2D eigenvalue weighted by Crippen LogP contribution is -2.62. The molecule has 4 amide bonds. The number of aliphatic hydroxyl groups excluding tert-OH is 1. The van der Waals surface area contributed by atoms with Gasteiger partial charge in [0, 0.05) is 26.6 Å². The molecule has 0 radical (unpaired) electrons. The van der Waals surface area contributed by atoms with Gasteiger partial charge in [0.15, 0.2) is 0 Å². The van der Waals surface area contributed by atoms with Crippen molar-refractivity contribution in [2.75, 3.05) is 20.1 Å². The Balaban J connectivity index is 1.59. The Labute approximate surface area is 269 Å². The molecule has 12 heteroatoms. The summed E-state index contributed by atoms with van der Waals surface area (Å²) in [4.78, 5) is 55.5. The fourth-order valence-electron chi connectivity index (χ4n) is 5.84. The standard InChI is InChI=1S/C34H44FN5O6/c1-32(2,3)46-31(45)37-33(4,5)29(43)36-26(15-14-24-13-12-23(20-41)18-25(24)35)28(42)40-17-16-27-34(21-40,30(44)39(6)38-27)19-22-10-8-7-9-11-22/h7-13,18,26,41H,14-17,19-21H2,1-6H3,(H,36,43)(H,37,45)/t26?,34-/m1/s1. The van der Waals surface area contributed by atoms with Gasteiger partial charge in [-0.2, -0.15) is 5.10 Å². The van der Waals surface area contributed by atoms with Crippen molar-refractivity contribution in [2.24, 2.45) is 10.5 Å². The van der Waals surface area contributed by atoms with Crippen LogP contribution in [0.4, 0.5) is 9.18 Å². The Hall–Kier alpha value is -4.32. The van der Waals surface area contributed by atoms with Crippen LogP contribution in [-0.2, 0) is 38.6 Å². The van der Waals surface area contributed by atoms with Gasteiger partial charge in [0.1, 0.15) is 28.4 Å². The number of nitrogens with one attached hydrogen (secondary N) is 2. The predicted molar refractivity (Wildman–Crippen MR) is 170 cm³/mol. The van der Waals surface area contributed by atoms with Gasteiger partial charge in [0.25, 0.3) is 5.91 Å². The number of carbonyl (C=O) groups is 4. The largest absolute Gasteiger partial charge is 0.444 e. The highest BCUT2D eigenvalue weighted by Crippen LogP contribution is 2.38. The first-order valence-corrected chi connectivity index (χ1v) is 15.4. The number of aliphatic hydroxyl groups is 1. The van der Waals surface area contributed by atoms with E-state index in [0.717, 1.165) is 5.56 Å². The highest BCUT2D eigenvalue weighted by Gasteiger charge is 2.54. The molecule has 4 rings (SSSR count). The van der Waals surface area contributed by atoms with Crippen LogP contribution < -0.4 is 10.6 Å². The third kappa shape index (κ3) is 7.90. The summed E-state index contributed by atoms with van der Waals surface area (Å²) in [5, 5.41) is 20.6. The highest BCUT2D eigenvalue weighted by atomic mass is 19.1. The molecule has 0 spiro atoms. The molecule has 1 fully saturated rings. The maximum atomic E-state index is 14.8. The number of nitrogens with zero attached hydrogens (tertiary/aromatic N) is 3. The molecule has 2 aliphatic rings.